The molecule has 0 aromatic rings. The minimum atomic E-state index is -0.174. The number of nitrogens with two attached hydrogens (primary N) is 1. The predicted molar refractivity (Wildman–Crippen MR) is 60.6 cm³/mol. The van der Waals surface area contributed by atoms with Crippen molar-refractivity contribution in [1.82, 2.24) is 0 Å². The molecule has 0 heterocycles. The third-order valence-electron chi connectivity index (χ3n) is 2.20. The number of hydrogen-bond acceptors (Lipinski definition) is 4. The van der Waals surface area contributed by atoms with Gasteiger partial charge in [0.2, 0.25) is 0 Å². The van der Waals surface area contributed by atoms with Gasteiger partial charge < -0.3 is 19.9 Å². The third-order valence-corrected chi connectivity index (χ3v) is 2.20. The van der Waals surface area contributed by atoms with Crippen molar-refractivity contribution in [3.05, 3.63) is 12.3 Å². The fourth-order valence-corrected chi connectivity index (χ4v) is 0.777. The summed E-state index contributed by atoms with van der Waals surface area (Å²) in [5, 5.41) is 0. The zero-order valence-corrected chi connectivity index (χ0v) is 10.0. The molecule has 90 valence electrons. The van der Waals surface area contributed by atoms with Crippen LogP contribution in [0.2, 0.25) is 0 Å². The molecule has 0 radical (unpaired) electrons. The summed E-state index contributed by atoms with van der Waals surface area (Å²) in [5.74, 6) is 0.709. The lowest BCUT2D eigenvalue weighted by atomic mass is 9.92. The molecule has 2 N–H and O–H groups in total. The van der Waals surface area contributed by atoms with Crippen molar-refractivity contribution >= 4 is 0 Å². The Balaban J connectivity index is 3.47. The molecule has 4 nitrogen and oxygen atoms in total. The van der Waals surface area contributed by atoms with Gasteiger partial charge in [-0.15, -0.1) is 0 Å². The quantitative estimate of drug-likeness (QED) is 0.465. The van der Waals surface area contributed by atoms with Crippen LogP contribution < -0.4 is 5.73 Å². The van der Waals surface area contributed by atoms with E-state index in [1.165, 1.54) is 0 Å². The molecule has 0 saturated carbocycles. The molecule has 0 aliphatic heterocycles. The lowest BCUT2D eigenvalue weighted by molar-refractivity contribution is 0.0328. The van der Waals surface area contributed by atoms with E-state index in [1.54, 1.807) is 7.11 Å². The highest BCUT2D eigenvalue weighted by Gasteiger charge is 2.20. The highest BCUT2D eigenvalue weighted by Crippen LogP contribution is 2.23. The predicted octanol–water partition coefficient (Wildman–Crippen LogP) is 1.16. The molecule has 0 saturated heterocycles. The van der Waals surface area contributed by atoms with Crippen molar-refractivity contribution in [2.75, 3.05) is 40.1 Å². The van der Waals surface area contributed by atoms with E-state index in [2.05, 4.69) is 6.58 Å². The standard InChI is InChI=1S/C11H23NO3/c1-10(11(2,3)9-12)15-8-7-14-6-5-13-4/h1,5-9,12H2,2-4H3. The van der Waals surface area contributed by atoms with Crippen LogP contribution in [0.1, 0.15) is 13.8 Å². The molecule has 0 aliphatic rings. The lowest BCUT2D eigenvalue weighted by Crippen LogP contribution is -2.27. The van der Waals surface area contributed by atoms with Crippen LogP contribution in [0.5, 0.6) is 0 Å². The van der Waals surface area contributed by atoms with Crippen molar-refractivity contribution < 1.29 is 14.2 Å². The molecular weight excluding hydrogens is 194 g/mol. The normalized spacial score (nSPS) is 11.5. The Labute approximate surface area is 92.4 Å². The molecular formula is C11H23NO3. The first-order valence-electron chi connectivity index (χ1n) is 5.13. The molecule has 0 rings (SSSR count). The first-order chi connectivity index (χ1) is 7.04. The number of methoxy groups -OCH3 is 1. The maximum absolute atomic E-state index is 5.59. The van der Waals surface area contributed by atoms with Crippen molar-refractivity contribution in [3.8, 4) is 0 Å². The van der Waals surface area contributed by atoms with E-state index >= 15 is 0 Å². The molecule has 0 atom stereocenters. The molecule has 0 amide bonds. The van der Waals surface area contributed by atoms with Gasteiger partial charge >= 0.3 is 0 Å². The van der Waals surface area contributed by atoms with Crippen LogP contribution in [0.15, 0.2) is 12.3 Å². The first kappa shape index (κ1) is 14.4. The average Bonchev–Trinajstić information content (AvgIpc) is 2.22. The summed E-state index contributed by atoms with van der Waals surface area (Å²) in [7, 11) is 1.64. The van der Waals surface area contributed by atoms with Crippen molar-refractivity contribution in [2.24, 2.45) is 11.1 Å². The van der Waals surface area contributed by atoms with Gasteiger partial charge in [-0.1, -0.05) is 20.4 Å². The van der Waals surface area contributed by atoms with E-state index in [4.69, 9.17) is 19.9 Å². The van der Waals surface area contributed by atoms with Crippen LogP contribution in [0, 0.1) is 5.41 Å². The number of ether oxygens (including phenoxy) is 3. The van der Waals surface area contributed by atoms with Crippen LogP contribution in [0.25, 0.3) is 0 Å². The van der Waals surface area contributed by atoms with Crippen molar-refractivity contribution in [1.29, 1.82) is 0 Å². The van der Waals surface area contributed by atoms with E-state index in [1.807, 2.05) is 13.8 Å². The summed E-state index contributed by atoms with van der Waals surface area (Å²) in [6.07, 6.45) is 0. The Morgan fingerprint density at radius 3 is 2.33 bits per heavy atom. The van der Waals surface area contributed by atoms with Gasteiger partial charge in [0.05, 0.1) is 25.6 Å². The van der Waals surface area contributed by atoms with E-state index in [9.17, 15) is 0 Å². The summed E-state index contributed by atoms with van der Waals surface area (Å²) < 4.78 is 15.5. The zero-order chi connectivity index (χ0) is 11.7. The van der Waals surface area contributed by atoms with Gasteiger partial charge in [0.15, 0.2) is 0 Å². The Hall–Kier alpha value is -0.580. The van der Waals surface area contributed by atoms with Gasteiger partial charge in [0.25, 0.3) is 0 Å². The Morgan fingerprint density at radius 2 is 1.80 bits per heavy atom. The van der Waals surface area contributed by atoms with Gasteiger partial charge in [0, 0.05) is 19.1 Å². The van der Waals surface area contributed by atoms with Gasteiger partial charge in [-0.2, -0.15) is 0 Å². The minimum absolute atomic E-state index is 0.174. The second kappa shape index (κ2) is 7.68. The second-order valence-corrected chi connectivity index (χ2v) is 3.96. The zero-order valence-electron chi connectivity index (χ0n) is 10.0. The van der Waals surface area contributed by atoms with Gasteiger partial charge in [-0.3, -0.25) is 0 Å². The molecule has 15 heavy (non-hydrogen) atoms. The summed E-state index contributed by atoms with van der Waals surface area (Å²) >= 11 is 0. The number of rotatable bonds is 9. The third kappa shape index (κ3) is 6.49. The molecule has 0 fully saturated rings. The lowest BCUT2D eigenvalue weighted by Gasteiger charge is -2.25. The topological polar surface area (TPSA) is 53.7 Å². The highest BCUT2D eigenvalue weighted by molar-refractivity contribution is 4.99. The van der Waals surface area contributed by atoms with Crippen LogP contribution >= 0.6 is 0 Å². The first-order valence-corrected chi connectivity index (χ1v) is 5.13. The molecule has 0 aliphatic carbocycles. The summed E-state index contributed by atoms with van der Waals surface area (Å²) in [4.78, 5) is 0. The molecule has 0 bridgehead atoms. The maximum atomic E-state index is 5.59. The maximum Gasteiger partial charge on any atom is 0.111 e. The van der Waals surface area contributed by atoms with Gasteiger partial charge in [-0.25, -0.2) is 0 Å². The monoisotopic (exact) mass is 217 g/mol. The Bertz CT molecular complexity index is 181. The fraction of sp³-hybridized carbons (Fsp3) is 0.818. The van der Waals surface area contributed by atoms with Crippen LogP contribution in [-0.4, -0.2) is 40.1 Å². The second-order valence-electron chi connectivity index (χ2n) is 3.96. The SMILES string of the molecule is C=C(OCCOCCOC)C(C)(C)CN. The minimum Gasteiger partial charge on any atom is -0.496 e. The van der Waals surface area contributed by atoms with Crippen molar-refractivity contribution in [3.63, 3.8) is 0 Å². The fourth-order valence-electron chi connectivity index (χ4n) is 0.777. The highest BCUT2D eigenvalue weighted by atomic mass is 16.5. The average molecular weight is 217 g/mol. The van der Waals surface area contributed by atoms with Gasteiger partial charge in [-0.05, 0) is 0 Å². The summed E-state index contributed by atoms with van der Waals surface area (Å²) in [5.41, 5.74) is 5.41. The van der Waals surface area contributed by atoms with Crippen LogP contribution in [0.3, 0.4) is 0 Å². The smallest absolute Gasteiger partial charge is 0.111 e. The van der Waals surface area contributed by atoms with E-state index in [0.29, 0.717) is 38.7 Å². The molecule has 0 aromatic carbocycles. The molecule has 0 aromatic heterocycles. The summed E-state index contributed by atoms with van der Waals surface area (Å²) in [6.45, 7) is 10.6. The van der Waals surface area contributed by atoms with Gasteiger partial charge in [0.1, 0.15) is 6.61 Å². The van der Waals surface area contributed by atoms with Crippen LogP contribution in [0.4, 0.5) is 0 Å². The summed E-state index contributed by atoms with van der Waals surface area (Å²) in [6, 6.07) is 0. The van der Waals surface area contributed by atoms with E-state index in [0.717, 1.165) is 0 Å². The molecule has 0 spiro atoms. The number of hydrogen-bond donors (Lipinski definition) is 1. The Kier molecular flexibility index (Phi) is 7.38. The molecule has 0 unspecified atom stereocenters. The van der Waals surface area contributed by atoms with E-state index in [-0.39, 0.29) is 5.41 Å². The van der Waals surface area contributed by atoms with Crippen molar-refractivity contribution in [2.45, 2.75) is 13.8 Å². The van der Waals surface area contributed by atoms with E-state index < -0.39 is 0 Å². The largest absolute Gasteiger partial charge is 0.496 e. The molecule has 4 heteroatoms. The Morgan fingerprint density at radius 1 is 1.20 bits per heavy atom. The van der Waals surface area contributed by atoms with Crippen LogP contribution in [-0.2, 0) is 14.2 Å².